The molecule has 124 valence electrons. The summed E-state index contributed by atoms with van der Waals surface area (Å²) >= 11 is 0. The van der Waals surface area contributed by atoms with Gasteiger partial charge in [-0.05, 0) is 48.4 Å². The molecule has 5 heteroatoms. The summed E-state index contributed by atoms with van der Waals surface area (Å²) in [6.45, 7) is 2.09. The molecule has 0 spiro atoms. The Hall–Kier alpha value is -3.21. The van der Waals surface area contributed by atoms with Gasteiger partial charge in [-0.1, -0.05) is 30.3 Å². The fourth-order valence-electron chi connectivity index (χ4n) is 2.87. The van der Waals surface area contributed by atoms with Gasteiger partial charge in [0.05, 0.1) is 5.39 Å². The number of rotatable bonds is 4. The van der Waals surface area contributed by atoms with Crippen molar-refractivity contribution in [2.24, 2.45) is 0 Å². The number of hydrogen-bond acceptors (Lipinski definition) is 3. The third-order valence-electron chi connectivity index (χ3n) is 4.23. The molecule has 0 unspecified atom stereocenters. The van der Waals surface area contributed by atoms with Gasteiger partial charge in [-0.25, -0.2) is 14.4 Å². The summed E-state index contributed by atoms with van der Waals surface area (Å²) in [6.07, 6.45) is 1.54. The van der Waals surface area contributed by atoms with Gasteiger partial charge in [-0.15, -0.1) is 0 Å². The quantitative estimate of drug-likeness (QED) is 0.557. The molecule has 1 atom stereocenters. The molecule has 0 radical (unpaired) electrons. The van der Waals surface area contributed by atoms with Crippen LogP contribution in [0.1, 0.15) is 18.5 Å². The number of aromatic nitrogens is 3. The molecule has 0 saturated carbocycles. The van der Waals surface area contributed by atoms with E-state index in [4.69, 9.17) is 0 Å². The first-order valence-electron chi connectivity index (χ1n) is 8.12. The van der Waals surface area contributed by atoms with E-state index in [-0.39, 0.29) is 11.9 Å². The molecule has 2 heterocycles. The van der Waals surface area contributed by atoms with Crippen LogP contribution in [-0.2, 0) is 0 Å². The van der Waals surface area contributed by atoms with Crippen molar-refractivity contribution in [1.29, 1.82) is 0 Å². The maximum atomic E-state index is 13.1. The minimum absolute atomic E-state index is 0.114. The highest BCUT2D eigenvalue weighted by Crippen LogP contribution is 2.28. The lowest BCUT2D eigenvalue weighted by molar-refractivity contribution is 0.628. The van der Waals surface area contributed by atoms with Crippen LogP contribution in [0, 0.1) is 5.82 Å². The molecular weight excluding hydrogens is 315 g/mol. The van der Waals surface area contributed by atoms with Crippen molar-refractivity contribution < 1.29 is 4.39 Å². The third-order valence-corrected chi connectivity index (χ3v) is 4.23. The van der Waals surface area contributed by atoms with Gasteiger partial charge < -0.3 is 10.3 Å². The fourth-order valence-corrected chi connectivity index (χ4v) is 2.87. The largest absolute Gasteiger partial charge is 0.363 e. The van der Waals surface area contributed by atoms with Gasteiger partial charge in [0, 0.05) is 11.7 Å². The van der Waals surface area contributed by atoms with Crippen molar-refractivity contribution in [3.05, 3.63) is 78.4 Å². The van der Waals surface area contributed by atoms with E-state index in [2.05, 4.69) is 39.3 Å². The van der Waals surface area contributed by atoms with Gasteiger partial charge in [-0.3, -0.25) is 0 Å². The Morgan fingerprint density at radius 2 is 1.76 bits per heavy atom. The number of H-pyrrole nitrogens is 1. The van der Waals surface area contributed by atoms with Crippen molar-refractivity contribution in [2.75, 3.05) is 5.32 Å². The first-order chi connectivity index (χ1) is 12.2. The topological polar surface area (TPSA) is 53.6 Å². The number of hydrogen-bond donors (Lipinski definition) is 2. The Kier molecular flexibility index (Phi) is 3.90. The Balaban J connectivity index is 1.69. The molecule has 4 rings (SSSR count). The molecule has 0 aliphatic heterocycles. The van der Waals surface area contributed by atoms with E-state index in [0.29, 0.717) is 0 Å². The molecule has 0 aliphatic rings. The average Bonchev–Trinajstić information content (AvgIpc) is 3.08. The van der Waals surface area contributed by atoms with Crippen LogP contribution >= 0.6 is 0 Å². The van der Waals surface area contributed by atoms with Gasteiger partial charge in [0.2, 0.25) is 0 Å². The van der Waals surface area contributed by atoms with Crippen molar-refractivity contribution in [3.8, 4) is 11.3 Å². The molecule has 0 amide bonds. The number of aromatic amines is 1. The number of halogens is 1. The minimum Gasteiger partial charge on any atom is -0.363 e. The minimum atomic E-state index is -0.251. The second kappa shape index (κ2) is 6.36. The van der Waals surface area contributed by atoms with Crippen LogP contribution in [0.25, 0.3) is 22.3 Å². The van der Waals surface area contributed by atoms with E-state index in [1.165, 1.54) is 24.0 Å². The lowest BCUT2D eigenvalue weighted by atomic mass is 10.1. The lowest BCUT2D eigenvalue weighted by Crippen LogP contribution is -2.08. The highest BCUT2D eigenvalue weighted by Gasteiger charge is 2.12. The maximum absolute atomic E-state index is 13.1. The smallest absolute Gasteiger partial charge is 0.143 e. The van der Waals surface area contributed by atoms with E-state index in [1.807, 2.05) is 24.3 Å². The Bertz CT molecular complexity index is 993. The molecule has 4 aromatic rings. The van der Waals surface area contributed by atoms with Crippen LogP contribution in [0.3, 0.4) is 0 Å². The highest BCUT2D eigenvalue weighted by molar-refractivity contribution is 5.91. The van der Waals surface area contributed by atoms with Gasteiger partial charge in [-0.2, -0.15) is 0 Å². The van der Waals surface area contributed by atoms with Crippen LogP contribution in [0.2, 0.25) is 0 Å². The summed E-state index contributed by atoms with van der Waals surface area (Å²) in [6, 6.07) is 18.7. The molecule has 25 heavy (non-hydrogen) atoms. The number of fused-ring (bicyclic) bond motifs is 1. The zero-order valence-corrected chi connectivity index (χ0v) is 13.7. The van der Waals surface area contributed by atoms with E-state index >= 15 is 0 Å². The molecule has 2 aromatic carbocycles. The summed E-state index contributed by atoms with van der Waals surface area (Å²) in [7, 11) is 0. The number of nitrogens with one attached hydrogen (secondary N) is 2. The molecule has 0 bridgehead atoms. The summed E-state index contributed by atoms with van der Waals surface area (Å²) in [5.41, 5.74) is 3.72. The molecule has 0 aliphatic carbocycles. The zero-order valence-electron chi connectivity index (χ0n) is 13.7. The molecule has 2 aromatic heterocycles. The average molecular weight is 332 g/mol. The molecule has 2 N–H and O–H groups in total. The molecule has 0 fully saturated rings. The summed E-state index contributed by atoms with van der Waals surface area (Å²) < 4.78 is 13.1. The summed E-state index contributed by atoms with van der Waals surface area (Å²) in [5.74, 6) is 0.518. The van der Waals surface area contributed by atoms with E-state index in [9.17, 15) is 4.39 Å². The first kappa shape index (κ1) is 15.3. The maximum Gasteiger partial charge on any atom is 0.143 e. The van der Waals surface area contributed by atoms with Crippen molar-refractivity contribution in [3.63, 3.8) is 0 Å². The zero-order chi connectivity index (χ0) is 17.2. The summed E-state index contributed by atoms with van der Waals surface area (Å²) in [4.78, 5) is 12.0. The van der Waals surface area contributed by atoms with Crippen LogP contribution < -0.4 is 5.32 Å². The number of nitrogens with zero attached hydrogens (tertiary/aromatic N) is 2. The Morgan fingerprint density at radius 1 is 1.00 bits per heavy atom. The van der Waals surface area contributed by atoms with Gasteiger partial charge in [0.1, 0.15) is 23.6 Å². The monoisotopic (exact) mass is 332 g/mol. The highest BCUT2D eigenvalue weighted by atomic mass is 19.1. The van der Waals surface area contributed by atoms with Crippen LogP contribution in [0.5, 0.6) is 0 Å². The third kappa shape index (κ3) is 3.08. The SMILES string of the molecule is C[C@@H](Nc1ncnc2[nH]c(-c3ccc(F)cc3)cc12)c1ccccc1. The molecule has 4 nitrogen and oxygen atoms in total. The van der Waals surface area contributed by atoms with Crippen molar-refractivity contribution in [2.45, 2.75) is 13.0 Å². The van der Waals surface area contributed by atoms with Crippen LogP contribution in [-0.4, -0.2) is 15.0 Å². The predicted octanol–water partition coefficient (Wildman–Crippen LogP) is 4.94. The fraction of sp³-hybridized carbons (Fsp3) is 0.100. The van der Waals surface area contributed by atoms with Crippen LogP contribution in [0.4, 0.5) is 10.2 Å². The molecular formula is C20H17FN4. The van der Waals surface area contributed by atoms with Crippen molar-refractivity contribution >= 4 is 16.9 Å². The number of benzene rings is 2. The Labute approximate surface area is 144 Å². The first-order valence-corrected chi connectivity index (χ1v) is 8.12. The van der Waals surface area contributed by atoms with E-state index in [0.717, 1.165) is 28.1 Å². The standard InChI is InChI=1S/C20H17FN4/c1-13(14-5-3-2-4-6-14)24-19-17-11-18(25-20(17)23-12-22-19)15-7-9-16(21)10-8-15/h2-13H,1H3,(H2,22,23,24,25)/t13-/m1/s1. The van der Waals surface area contributed by atoms with Gasteiger partial charge >= 0.3 is 0 Å². The summed E-state index contributed by atoms with van der Waals surface area (Å²) in [5, 5.41) is 4.35. The Morgan fingerprint density at radius 3 is 2.52 bits per heavy atom. The number of anilines is 1. The van der Waals surface area contributed by atoms with Crippen LogP contribution in [0.15, 0.2) is 67.0 Å². The van der Waals surface area contributed by atoms with Gasteiger partial charge in [0.15, 0.2) is 0 Å². The predicted molar refractivity (Wildman–Crippen MR) is 97.8 cm³/mol. The van der Waals surface area contributed by atoms with E-state index < -0.39 is 0 Å². The second-order valence-corrected chi connectivity index (χ2v) is 5.95. The van der Waals surface area contributed by atoms with E-state index in [1.54, 1.807) is 12.1 Å². The van der Waals surface area contributed by atoms with Crippen molar-refractivity contribution in [1.82, 2.24) is 15.0 Å². The van der Waals surface area contributed by atoms with Gasteiger partial charge in [0.25, 0.3) is 0 Å². The molecule has 0 saturated heterocycles. The lowest BCUT2D eigenvalue weighted by Gasteiger charge is -2.15. The second-order valence-electron chi connectivity index (χ2n) is 5.95. The normalized spacial score (nSPS) is 12.2.